The zero-order valence-corrected chi connectivity index (χ0v) is 11.5. The first kappa shape index (κ1) is 12.4. The molecular weight excluding hydrogens is 276 g/mol. The van der Waals surface area contributed by atoms with E-state index in [2.05, 4.69) is 27.3 Å². The lowest BCUT2D eigenvalue weighted by Gasteiger charge is -2.11. The van der Waals surface area contributed by atoms with E-state index in [-0.39, 0.29) is 0 Å². The van der Waals surface area contributed by atoms with Gasteiger partial charge in [0.2, 0.25) is 0 Å². The number of hydrogen-bond donors (Lipinski definition) is 1. The molecule has 0 saturated heterocycles. The Morgan fingerprint density at radius 2 is 2.12 bits per heavy atom. The normalized spacial score (nSPS) is 15.8. The predicted octanol–water partition coefficient (Wildman–Crippen LogP) is 4.31. The Labute approximate surface area is 111 Å². The quantitative estimate of drug-likeness (QED) is 0.897. The van der Waals surface area contributed by atoms with Crippen molar-refractivity contribution in [1.82, 2.24) is 0 Å². The maximum atomic E-state index is 8.83. The number of anilines is 1. The third-order valence-corrected chi connectivity index (χ3v) is 4.10. The molecule has 90 valence electrons. The molecule has 1 N–H and O–H groups in total. The SMILES string of the molecule is N#Cc1ccc(NCCC2CCCC2)cc1Br. The fourth-order valence-electron chi connectivity index (χ4n) is 2.44. The summed E-state index contributed by atoms with van der Waals surface area (Å²) in [5.41, 5.74) is 1.78. The molecule has 0 amide bonds. The van der Waals surface area contributed by atoms with Crippen molar-refractivity contribution in [3.8, 4) is 6.07 Å². The summed E-state index contributed by atoms with van der Waals surface area (Å²) in [6, 6.07) is 7.95. The Hall–Kier alpha value is -1.01. The molecule has 0 aliphatic heterocycles. The number of halogens is 1. The van der Waals surface area contributed by atoms with E-state index in [9.17, 15) is 0 Å². The van der Waals surface area contributed by atoms with Gasteiger partial charge in [0.1, 0.15) is 6.07 Å². The van der Waals surface area contributed by atoms with Gasteiger partial charge in [0.05, 0.1) is 5.56 Å². The largest absolute Gasteiger partial charge is 0.385 e. The molecule has 0 bridgehead atoms. The van der Waals surface area contributed by atoms with Crippen LogP contribution < -0.4 is 5.32 Å². The minimum Gasteiger partial charge on any atom is -0.385 e. The minimum absolute atomic E-state index is 0.686. The van der Waals surface area contributed by atoms with Gasteiger partial charge >= 0.3 is 0 Å². The van der Waals surface area contributed by atoms with Crippen LogP contribution >= 0.6 is 15.9 Å². The third kappa shape index (κ3) is 3.47. The Balaban J connectivity index is 1.82. The predicted molar refractivity (Wildman–Crippen MR) is 73.9 cm³/mol. The first-order valence-electron chi connectivity index (χ1n) is 6.23. The lowest BCUT2D eigenvalue weighted by molar-refractivity contribution is 0.518. The molecule has 3 heteroatoms. The van der Waals surface area contributed by atoms with Crippen LogP contribution in [0.25, 0.3) is 0 Å². The smallest absolute Gasteiger partial charge is 0.100 e. The molecule has 2 rings (SSSR count). The van der Waals surface area contributed by atoms with Crippen molar-refractivity contribution < 1.29 is 0 Å². The lowest BCUT2D eigenvalue weighted by Crippen LogP contribution is -2.06. The van der Waals surface area contributed by atoms with E-state index in [1.165, 1.54) is 32.1 Å². The summed E-state index contributed by atoms with van der Waals surface area (Å²) in [6.45, 7) is 1.03. The number of rotatable bonds is 4. The highest BCUT2D eigenvalue weighted by molar-refractivity contribution is 9.10. The van der Waals surface area contributed by atoms with E-state index < -0.39 is 0 Å². The van der Waals surface area contributed by atoms with Crippen LogP contribution in [0.1, 0.15) is 37.7 Å². The van der Waals surface area contributed by atoms with Gasteiger partial charge in [-0.3, -0.25) is 0 Å². The molecule has 0 unspecified atom stereocenters. The summed E-state index contributed by atoms with van der Waals surface area (Å²) in [4.78, 5) is 0. The monoisotopic (exact) mass is 292 g/mol. The average molecular weight is 293 g/mol. The molecule has 1 aliphatic rings. The van der Waals surface area contributed by atoms with E-state index in [1.807, 2.05) is 18.2 Å². The topological polar surface area (TPSA) is 35.8 Å². The van der Waals surface area contributed by atoms with Crippen LogP contribution in [-0.2, 0) is 0 Å². The van der Waals surface area contributed by atoms with Crippen LogP contribution in [0.4, 0.5) is 5.69 Å². The van der Waals surface area contributed by atoms with Crippen LogP contribution in [0, 0.1) is 17.2 Å². The average Bonchev–Trinajstić information content (AvgIpc) is 2.82. The summed E-state index contributed by atoms with van der Waals surface area (Å²) < 4.78 is 0.867. The van der Waals surface area contributed by atoms with Crippen molar-refractivity contribution in [2.45, 2.75) is 32.1 Å². The number of hydrogen-bond acceptors (Lipinski definition) is 2. The highest BCUT2D eigenvalue weighted by Gasteiger charge is 2.13. The van der Waals surface area contributed by atoms with Crippen molar-refractivity contribution >= 4 is 21.6 Å². The summed E-state index contributed by atoms with van der Waals surface area (Å²) >= 11 is 3.40. The van der Waals surface area contributed by atoms with Crippen molar-refractivity contribution in [2.75, 3.05) is 11.9 Å². The molecule has 1 aliphatic carbocycles. The van der Waals surface area contributed by atoms with Crippen molar-refractivity contribution in [1.29, 1.82) is 5.26 Å². The fourth-order valence-corrected chi connectivity index (χ4v) is 2.90. The molecule has 1 fully saturated rings. The Bertz CT molecular complexity index is 417. The van der Waals surface area contributed by atoms with E-state index >= 15 is 0 Å². The van der Waals surface area contributed by atoms with Crippen molar-refractivity contribution in [3.05, 3.63) is 28.2 Å². The molecule has 0 heterocycles. The van der Waals surface area contributed by atoms with Gasteiger partial charge in [-0.15, -0.1) is 0 Å². The van der Waals surface area contributed by atoms with Gasteiger partial charge in [-0.2, -0.15) is 5.26 Å². The maximum Gasteiger partial charge on any atom is 0.100 e. The van der Waals surface area contributed by atoms with Crippen LogP contribution in [0.15, 0.2) is 22.7 Å². The van der Waals surface area contributed by atoms with Crippen LogP contribution in [0.3, 0.4) is 0 Å². The Morgan fingerprint density at radius 3 is 2.76 bits per heavy atom. The van der Waals surface area contributed by atoms with Gasteiger partial charge in [0.25, 0.3) is 0 Å². The molecule has 2 nitrogen and oxygen atoms in total. The van der Waals surface area contributed by atoms with E-state index in [0.717, 1.165) is 22.6 Å². The molecular formula is C14H17BrN2. The second kappa shape index (κ2) is 6.07. The highest BCUT2D eigenvalue weighted by atomic mass is 79.9. The number of benzene rings is 1. The van der Waals surface area contributed by atoms with Crippen molar-refractivity contribution in [2.24, 2.45) is 5.92 Å². The standard InChI is InChI=1S/C14H17BrN2/c15-14-9-13(6-5-12(14)10-16)17-8-7-11-3-1-2-4-11/h5-6,9,11,17H,1-4,7-8H2. The third-order valence-electron chi connectivity index (χ3n) is 3.45. The Kier molecular flexibility index (Phi) is 4.44. The molecule has 0 radical (unpaired) electrons. The molecule has 1 saturated carbocycles. The molecule has 1 aromatic rings. The Morgan fingerprint density at radius 1 is 1.35 bits per heavy atom. The van der Waals surface area contributed by atoms with Gasteiger partial charge in [0.15, 0.2) is 0 Å². The van der Waals surface area contributed by atoms with Crippen LogP contribution in [-0.4, -0.2) is 6.54 Å². The number of nitrogens with zero attached hydrogens (tertiary/aromatic N) is 1. The molecule has 1 aromatic carbocycles. The zero-order valence-electron chi connectivity index (χ0n) is 9.88. The summed E-state index contributed by atoms with van der Waals surface area (Å²) in [7, 11) is 0. The molecule has 0 spiro atoms. The van der Waals surface area contributed by atoms with Gasteiger partial charge in [-0.25, -0.2) is 0 Å². The van der Waals surface area contributed by atoms with Gasteiger partial charge in [-0.05, 0) is 46.5 Å². The maximum absolute atomic E-state index is 8.83. The lowest BCUT2D eigenvalue weighted by atomic mass is 10.0. The highest BCUT2D eigenvalue weighted by Crippen LogP contribution is 2.27. The van der Waals surface area contributed by atoms with E-state index in [1.54, 1.807) is 0 Å². The summed E-state index contributed by atoms with van der Waals surface area (Å²) in [5, 5.41) is 12.3. The minimum atomic E-state index is 0.686. The molecule has 0 atom stereocenters. The van der Waals surface area contributed by atoms with Gasteiger partial charge < -0.3 is 5.32 Å². The summed E-state index contributed by atoms with van der Waals surface area (Å²) in [6.07, 6.45) is 6.88. The second-order valence-electron chi connectivity index (χ2n) is 4.67. The fraction of sp³-hybridized carbons (Fsp3) is 0.500. The first-order valence-corrected chi connectivity index (χ1v) is 7.02. The van der Waals surface area contributed by atoms with Gasteiger partial charge in [-0.1, -0.05) is 25.7 Å². The first-order chi connectivity index (χ1) is 8.29. The number of nitriles is 1. The van der Waals surface area contributed by atoms with Crippen molar-refractivity contribution in [3.63, 3.8) is 0 Å². The molecule has 17 heavy (non-hydrogen) atoms. The van der Waals surface area contributed by atoms with Gasteiger partial charge in [0, 0.05) is 16.7 Å². The van der Waals surface area contributed by atoms with Crippen LogP contribution in [0.2, 0.25) is 0 Å². The van der Waals surface area contributed by atoms with E-state index in [4.69, 9.17) is 5.26 Å². The number of nitrogens with one attached hydrogen (secondary N) is 1. The zero-order chi connectivity index (χ0) is 12.1. The molecule has 0 aromatic heterocycles. The van der Waals surface area contributed by atoms with Crippen LogP contribution in [0.5, 0.6) is 0 Å². The second-order valence-corrected chi connectivity index (χ2v) is 5.53. The summed E-state index contributed by atoms with van der Waals surface area (Å²) in [5.74, 6) is 0.921. The van der Waals surface area contributed by atoms with E-state index in [0.29, 0.717) is 5.56 Å².